The van der Waals surface area contributed by atoms with Gasteiger partial charge in [-0.05, 0) is 95.7 Å². The van der Waals surface area contributed by atoms with Crippen molar-refractivity contribution >= 4 is 62.7 Å². The molecule has 7 aromatic rings. The summed E-state index contributed by atoms with van der Waals surface area (Å²) in [5, 5.41) is 2.50. The van der Waals surface area contributed by atoms with Crippen LogP contribution in [0, 0.1) is 6.92 Å². The number of benzene rings is 7. The van der Waals surface area contributed by atoms with Crippen LogP contribution in [0.15, 0.2) is 149 Å². The second-order valence-corrected chi connectivity index (χ2v) is 13.2. The highest BCUT2D eigenvalue weighted by molar-refractivity contribution is 7.99. The summed E-state index contributed by atoms with van der Waals surface area (Å²) in [5.74, 6) is 3.56. The van der Waals surface area contributed by atoms with Gasteiger partial charge in [0.15, 0.2) is 0 Å². The summed E-state index contributed by atoms with van der Waals surface area (Å²) < 4.78 is 13.0. The van der Waals surface area contributed by atoms with E-state index < -0.39 is 0 Å². The molecule has 0 aliphatic carbocycles. The molecule has 0 atom stereocenters. The van der Waals surface area contributed by atoms with Crippen LogP contribution in [0.1, 0.15) is 5.56 Å². The van der Waals surface area contributed by atoms with E-state index in [2.05, 4.69) is 133 Å². The number of hydrogen-bond acceptors (Lipinski definition) is 4. The van der Waals surface area contributed by atoms with Crippen molar-refractivity contribution in [3.8, 4) is 34.1 Å². The summed E-state index contributed by atoms with van der Waals surface area (Å²) in [6.45, 7) is 2.19. The van der Waals surface area contributed by atoms with Crippen LogP contribution in [0.3, 0.4) is 0 Å². The molecule has 3 aliphatic rings. The third-order valence-electron chi connectivity index (χ3n) is 9.44. The Bertz CT molecular complexity index is 2370. The van der Waals surface area contributed by atoms with Crippen LogP contribution in [0.4, 0.5) is 17.1 Å². The molecule has 3 heterocycles. The van der Waals surface area contributed by atoms with Crippen molar-refractivity contribution in [1.29, 1.82) is 0 Å². The quantitative estimate of drug-likeness (QED) is 0.187. The van der Waals surface area contributed by atoms with Crippen molar-refractivity contribution in [1.82, 2.24) is 0 Å². The van der Waals surface area contributed by atoms with E-state index in [0.29, 0.717) is 0 Å². The van der Waals surface area contributed by atoms with Crippen molar-refractivity contribution < 1.29 is 9.47 Å². The Labute approximate surface area is 272 Å². The lowest BCUT2D eigenvalue weighted by atomic mass is 9.35. The predicted octanol–water partition coefficient (Wildman–Crippen LogP) is 9.48. The second-order valence-electron chi connectivity index (χ2n) is 12.1. The molecule has 0 bridgehead atoms. The molecule has 3 aliphatic heterocycles. The minimum Gasteiger partial charge on any atom is -0.458 e. The van der Waals surface area contributed by atoms with Gasteiger partial charge in [0.2, 0.25) is 0 Å². The van der Waals surface area contributed by atoms with E-state index in [-0.39, 0.29) is 6.71 Å². The zero-order chi connectivity index (χ0) is 30.4. The summed E-state index contributed by atoms with van der Waals surface area (Å²) in [7, 11) is 0. The largest absolute Gasteiger partial charge is 0.458 e. The monoisotopic (exact) mass is 607 g/mol. The number of rotatable bonds is 3. The van der Waals surface area contributed by atoms with E-state index in [4.69, 9.17) is 9.47 Å². The van der Waals surface area contributed by atoms with Gasteiger partial charge in [0.1, 0.15) is 23.0 Å². The summed E-state index contributed by atoms with van der Waals surface area (Å²) in [4.78, 5) is 4.89. The molecule has 0 N–H and O–H groups in total. The lowest BCUT2D eigenvalue weighted by molar-refractivity contribution is 0.464. The average Bonchev–Trinajstić information content (AvgIpc) is 3.10. The number of anilines is 3. The average molecular weight is 608 g/mol. The number of aryl methyl sites for hydroxylation is 1. The molecule has 5 heteroatoms. The fourth-order valence-corrected chi connectivity index (χ4v) is 8.55. The Balaban J connectivity index is 1.17. The lowest BCUT2D eigenvalue weighted by Crippen LogP contribution is -2.57. The highest BCUT2D eigenvalue weighted by Crippen LogP contribution is 2.52. The number of fused-ring (bicyclic) bond motifs is 6. The van der Waals surface area contributed by atoms with Crippen LogP contribution in [0.5, 0.6) is 23.0 Å². The van der Waals surface area contributed by atoms with Crippen molar-refractivity contribution in [3.05, 3.63) is 145 Å². The first-order valence-corrected chi connectivity index (χ1v) is 16.4. The van der Waals surface area contributed by atoms with Crippen LogP contribution in [-0.2, 0) is 0 Å². The van der Waals surface area contributed by atoms with Crippen LogP contribution < -0.4 is 30.8 Å². The molecule has 46 heavy (non-hydrogen) atoms. The maximum Gasteiger partial charge on any atom is 0.260 e. The zero-order valence-electron chi connectivity index (χ0n) is 25.0. The van der Waals surface area contributed by atoms with E-state index in [1.165, 1.54) is 48.2 Å². The molecule has 0 fully saturated rings. The zero-order valence-corrected chi connectivity index (χ0v) is 25.8. The van der Waals surface area contributed by atoms with Crippen molar-refractivity contribution in [2.75, 3.05) is 4.90 Å². The molecule has 0 unspecified atom stereocenters. The van der Waals surface area contributed by atoms with Gasteiger partial charge in [-0.25, -0.2) is 0 Å². The first kappa shape index (κ1) is 25.9. The smallest absolute Gasteiger partial charge is 0.260 e. The van der Waals surface area contributed by atoms with Gasteiger partial charge in [-0.2, -0.15) is 0 Å². The van der Waals surface area contributed by atoms with Gasteiger partial charge in [0.05, 0.1) is 5.69 Å². The topological polar surface area (TPSA) is 21.7 Å². The number of hydrogen-bond donors (Lipinski definition) is 0. The Morgan fingerprint density at radius 1 is 0.543 bits per heavy atom. The molecule has 10 rings (SSSR count). The number of para-hydroxylation sites is 2. The molecule has 0 saturated heterocycles. The first-order valence-electron chi connectivity index (χ1n) is 15.6. The van der Waals surface area contributed by atoms with E-state index >= 15 is 0 Å². The van der Waals surface area contributed by atoms with Gasteiger partial charge >= 0.3 is 0 Å². The maximum absolute atomic E-state index is 6.68. The SMILES string of the molecule is Cc1ccc(N(c2ccccc2)c2ccc3c4c(cccc24)Sc2cc4c(cc2-3)Oc2cccc3c2B4c2ccccc2O3)cc1. The van der Waals surface area contributed by atoms with Crippen molar-refractivity contribution in [2.24, 2.45) is 0 Å². The third-order valence-corrected chi connectivity index (χ3v) is 10.6. The van der Waals surface area contributed by atoms with Crippen LogP contribution in [0.25, 0.3) is 21.9 Å². The fraction of sp³-hybridized carbons (Fsp3) is 0.0244. The minimum atomic E-state index is 0.0549. The second kappa shape index (κ2) is 9.81. The molecule has 7 aromatic carbocycles. The number of ether oxygens (including phenoxy) is 2. The molecule has 0 amide bonds. The van der Waals surface area contributed by atoms with Crippen LogP contribution in [-0.4, -0.2) is 6.71 Å². The Hall–Kier alpha value is -5.39. The highest BCUT2D eigenvalue weighted by atomic mass is 32.2. The summed E-state index contributed by atoms with van der Waals surface area (Å²) in [6, 6.07) is 49.9. The molecular weight excluding hydrogens is 581 g/mol. The first-order chi connectivity index (χ1) is 22.7. The fourth-order valence-electron chi connectivity index (χ4n) is 7.38. The highest BCUT2D eigenvalue weighted by Gasteiger charge is 2.40. The predicted molar refractivity (Wildman–Crippen MR) is 191 cm³/mol. The molecule has 3 nitrogen and oxygen atoms in total. The summed E-state index contributed by atoms with van der Waals surface area (Å²) in [6.07, 6.45) is 0. The van der Waals surface area contributed by atoms with Crippen molar-refractivity contribution in [2.45, 2.75) is 16.7 Å². The van der Waals surface area contributed by atoms with E-state index in [1.807, 2.05) is 30.0 Å². The lowest BCUT2D eigenvalue weighted by Gasteiger charge is -2.34. The molecular formula is C41H26BNO2S. The van der Waals surface area contributed by atoms with Gasteiger partial charge in [-0.1, -0.05) is 90.1 Å². The van der Waals surface area contributed by atoms with E-state index in [1.54, 1.807) is 0 Å². The van der Waals surface area contributed by atoms with Crippen LogP contribution >= 0.6 is 11.8 Å². The van der Waals surface area contributed by atoms with Gasteiger partial charge < -0.3 is 14.4 Å². The van der Waals surface area contributed by atoms with Gasteiger partial charge in [0.25, 0.3) is 6.71 Å². The Kier molecular flexibility index (Phi) is 5.52. The molecule has 0 saturated carbocycles. The van der Waals surface area contributed by atoms with Gasteiger partial charge in [0, 0.05) is 37.4 Å². The third kappa shape index (κ3) is 3.76. The summed E-state index contributed by atoms with van der Waals surface area (Å²) >= 11 is 1.85. The molecule has 0 radical (unpaired) electrons. The molecule has 0 aromatic heterocycles. The maximum atomic E-state index is 6.68. The standard InChI is InChI=1S/C41H26BNO2S/c1-25-17-19-27(20-18-25)43(26-9-3-2-4-10-26)33-22-21-28-30-23-37-32(24-39(30)46-38-16-7-11-29(33)40(28)38)42-31-12-5-6-13-34(31)44-35-14-8-15-36(45-37)41(35)42/h2-24H,1H3. The number of nitrogens with zero attached hydrogens (tertiary/aromatic N) is 1. The summed E-state index contributed by atoms with van der Waals surface area (Å²) in [5.41, 5.74) is 10.6. The Morgan fingerprint density at radius 2 is 1.26 bits per heavy atom. The normalized spacial score (nSPS) is 13.1. The molecule has 216 valence electrons. The van der Waals surface area contributed by atoms with Crippen molar-refractivity contribution in [3.63, 3.8) is 0 Å². The van der Waals surface area contributed by atoms with Gasteiger partial charge in [-0.3, -0.25) is 0 Å². The van der Waals surface area contributed by atoms with Gasteiger partial charge in [-0.15, -0.1) is 0 Å². The Morgan fingerprint density at radius 3 is 2.11 bits per heavy atom. The van der Waals surface area contributed by atoms with E-state index in [9.17, 15) is 0 Å². The minimum absolute atomic E-state index is 0.0549. The van der Waals surface area contributed by atoms with Crippen LogP contribution in [0.2, 0.25) is 0 Å². The van der Waals surface area contributed by atoms with E-state index in [0.717, 1.165) is 45.5 Å². The molecule has 0 spiro atoms.